The molecule has 0 saturated heterocycles. The Balaban J connectivity index is 1.83. The lowest BCUT2D eigenvalue weighted by Crippen LogP contribution is -2.42. The number of rotatable bonds is 5. The summed E-state index contributed by atoms with van der Waals surface area (Å²) >= 11 is 0. The van der Waals surface area contributed by atoms with Gasteiger partial charge in [-0.15, -0.1) is 0 Å². The number of carbonyl (C=O) groups is 2. The van der Waals surface area contributed by atoms with Gasteiger partial charge in [0.2, 0.25) is 11.8 Å². The van der Waals surface area contributed by atoms with E-state index in [1.54, 1.807) is 0 Å². The Labute approximate surface area is 125 Å². The molecule has 2 amide bonds. The normalized spacial score (nSPS) is 23.3. The van der Waals surface area contributed by atoms with Crippen molar-refractivity contribution in [3.63, 3.8) is 0 Å². The fourth-order valence-corrected chi connectivity index (χ4v) is 2.88. The number of benzene rings is 1. The average Bonchev–Trinajstić information content (AvgIpc) is 2.48. The van der Waals surface area contributed by atoms with Crippen LogP contribution in [0.1, 0.15) is 43.7 Å². The van der Waals surface area contributed by atoms with Crippen molar-refractivity contribution in [2.45, 2.75) is 44.2 Å². The van der Waals surface area contributed by atoms with Crippen molar-refractivity contribution in [1.29, 1.82) is 0 Å². The minimum absolute atomic E-state index is 0.0340. The van der Waals surface area contributed by atoms with E-state index in [4.69, 9.17) is 11.5 Å². The van der Waals surface area contributed by atoms with E-state index in [9.17, 15) is 9.59 Å². The van der Waals surface area contributed by atoms with Crippen LogP contribution in [-0.2, 0) is 9.59 Å². The molecule has 21 heavy (non-hydrogen) atoms. The number of nitrogens with two attached hydrogens (primary N) is 2. The summed E-state index contributed by atoms with van der Waals surface area (Å²) in [6.45, 7) is 0. The van der Waals surface area contributed by atoms with E-state index in [2.05, 4.69) is 5.32 Å². The molecule has 5 N–H and O–H groups in total. The van der Waals surface area contributed by atoms with E-state index in [1.807, 2.05) is 30.3 Å². The van der Waals surface area contributed by atoms with Gasteiger partial charge in [0.15, 0.2) is 0 Å². The Morgan fingerprint density at radius 1 is 1.24 bits per heavy atom. The molecule has 0 spiro atoms. The Morgan fingerprint density at radius 2 is 1.95 bits per heavy atom. The van der Waals surface area contributed by atoms with Crippen molar-refractivity contribution < 1.29 is 9.59 Å². The van der Waals surface area contributed by atoms with Crippen LogP contribution in [0.25, 0.3) is 0 Å². The Bertz CT molecular complexity index is 490. The molecular weight excluding hydrogens is 266 g/mol. The second-order valence-corrected chi connectivity index (χ2v) is 5.75. The summed E-state index contributed by atoms with van der Waals surface area (Å²) in [4.78, 5) is 23.3. The van der Waals surface area contributed by atoms with Crippen LogP contribution in [0.4, 0.5) is 0 Å². The number of amides is 2. The van der Waals surface area contributed by atoms with Gasteiger partial charge >= 0.3 is 0 Å². The SMILES string of the molecule is NC(=O)C1CCCC(NC(=O)CC(N)c2ccccc2)C1. The highest BCUT2D eigenvalue weighted by Gasteiger charge is 2.26. The van der Waals surface area contributed by atoms with Crippen LogP contribution in [0, 0.1) is 5.92 Å². The molecule has 3 atom stereocenters. The minimum Gasteiger partial charge on any atom is -0.369 e. The van der Waals surface area contributed by atoms with Crippen molar-refractivity contribution in [2.24, 2.45) is 17.4 Å². The van der Waals surface area contributed by atoms with Crippen LogP contribution in [-0.4, -0.2) is 17.9 Å². The lowest BCUT2D eigenvalue weighted by Gasteiger charge is -2.28. The van der Waals surface area contributed by atoms with Gasteiger partial charge in [0.05, 0.1) is 0 Å². The zero-order chi connectivity index (χ0) is 15.2. The summed E-state index contributed by atoms with van der Waals surface area (Å²) < 4.78 is 0. The smallest absolute Gasteiger partial charge is 0.222 e. The maximum absolute atomic E-state index is 12.1. The standard InChI is InChI=1S/C16H23N3O2/c17-14(11-5-2-1-3-6-11)10-15(20)19-13-8-4-7-12(9-13)16(18)21/h1-3,5-6,12-14H,4,7-10,17H2,(H2,18,21)(H,19,20). The number of hydrogen-bond acceptors (Lipinski definition) is 3. The predicted molar refractivity (Wildman–Crippen MR) is 81.1 cm³/mol. The number of carbonyl (C=O) groups excluding carboxylic acids is 2. The van der Waals surface area contributed by atoms with Crippen molar-refractivity contribution in [3.05, 3.63) is 35.9 Å². The second kappa shape index (κ2) is 7.22. The van der Waals surface area contributed by atoms with Crippen molar-refractivity contribution >= 4 is 11.8 Å². The molecule has 5 heteroatoms. The summed E-state index contributed by atoms with van der Waals surface area (Å²) in [5.74, 6) is -0.455. The molecule has 0 heterocycles. The zero-order valence-corrected chi connectivity index (χ0v) is 12.1. The molecule has 1 aromatic rings. The molecule has 1 aromatic carbocycles. The highest BCUT2D eigenvalue weighted by atomic mass is 16.2. The molecule has 1 saturated carbocycles. The molecule has 0 bridgehead atoms. The largest absolute Gasteiger partial charge is 0.369 e. The maximum Gasteiger partial charge on any atom is 0.222 e. The summed E-state index contributed by atoms with van der Waals surface area (Å²) in [5.41, 5.74) is 12.3. The number of primary amides is 1. The summed E-state index contributed by atoms with van der Waals surface area (Å²) in [5, 5.41) is 2.98. The topological polar surface area (TPSA) is 98.2 Å². The monoisotopic (exact) mass is 289 g/mol. The number of nitrogens with one attached hydrogen (secondary N) is 1. The van der Waals surface area contributed by atoms with Crippen LogP contribution >= 0.6 is 0 Å². The Morgan fingerprint density at radius 3 is 2.62 bits per heavy atom. The highest BCUT2D eigenvalue weighted by Crippen LogP contribution is 2.24. The quantitative estimate of drug-likeness (QED) is 0.760. The highest BCUT2D eigenvalue weighted by molar-refractivity contribution is 5.78. The number of hydrogen-bond donors (Lipinski definition) is 3. The van der Waals surface area contributed by atoms with Gasteiger partial charge in [0.25, 0.3) is 0 Å². The van der Waals surface area contributed by atoms with Crippen LogP contribution in [0.5, 0.6) is 0 Å². The van der Waals surface area contributed by atoms with Gasteiger partial charge < -0.3 is 16.8 Å². The molecule has 2 rings (SSSR count). The van der Waals surface area contributed by atoms with Crippen molar-refractivity contribution in [2.75, 3.05) is 0 Å². The third-order valence-corrected chi connectivity index (χ3v) is 4.07. The third-order valence-electron chi connectivity index (χ3n) is 4.07. The van der Waals surface area contributed by atoms with Crippen LogP contribution in [0.3, 0.4) is 0 Å². The van der Waals surface area contributed by atoms with Gasteiger partial charge in [-0.1, -0.05) is 36.8 Å². The first-order valence-corrected chi connectivity index (χ1v) is 7.45. The van der Waals surface area contributed by atoms with E-state index in [0.717, 1.165) is 24.8 Å². The van der Waals surface area contributed by atoms with Crippen molar-refractivity contribution in [1.82, 2.24) is 5.32 Å². The van der Waals surface area contributed by atoms with Gasteiger partial charge in [-0.05, 0) is 24.8 Å². The molecule has 1 aliphatic carbocycles. The lowest BCUT2D eigenvalue weighted by molar-refractivity contribution is -0.125. The van der Waals surface area contributed by atoms with Crippen LogP contribution < -0.4 is 16.8 Å². The molecule has 114 valence electrons. The molecule has 1 fully saturated rings. The van der Waals surface area contributed by atoms with Crippen molar-refractivity contribution in [3.8, 4) is 0 Å². The second-order valence-electron chi connectivity index (χ2n) is 5.75. The van der Waals surface area contributed by atoms with Gasteiger partial charge in [0, 0.05) is 24.4 Å². The molecule has 0 aliphatic heterocycles. The molecular formula is C16H23N3O2. The first-order chi connectivity index (χ1) is 10.1. The average molecular weight is 289 g/mol. The van der Waals surface area contributed by atoms with Gasteiger partial charge in [-0.3, -0.25) is 9.59 Å². The maximum atomic E-state index is 12.1. The zero-order valence-electron chi connectivity index (χ0n) is 12.1. The van der Waals surface area contributed by atoms with Crippen LogP contribution in [0.2, 0.25) is 0 Å². The summed E-state index contributed by atoms with van der Waals surface area (Å²) in [7, 11) is 0. The molecule has 0 radical (unpaired) electrons. The molecule has 1 aliphatic rings. The van der Waals surface area contributed by atoms with Gasteiger partial charge in [-0.25, -0.2) is 0 Å². The molecule has 5 nitrogen and oxygen atoms in total. The first-order valence-electron chi connectivity index (χ1n) is 7.45. The van der Waals surface area contributed by atoms with E-state index >= 15 is 0 Å². The Kier molecular flexibility index (Phi) is 5.33. The van der Waals surface area contributed by atoms with Crippen LogP contribution in [0.15, 0.2) is 30.3 Å². The molecule has 0 aromatic heterocycles. The van der Waals surface area contributed by atoms with E-state index < -0.39 is 0 Å². The van der Waals surface area contributed by atoms with E-state index in [0.29, 0.717) is 6.42 Å². The third kappa shape index (κ3) is 4.56. The fourth-order valence-electron chi connectivity index (χ4n) is 2.88. The summed E-state index contributed by atoms with van der Waals surface area (Å²) in [6.07, 6.45) is 3.54. The first kappa shape index (κ1) is 15.5. The predicted octanol–water partition coefficient (Wildman–Crippen LogP) is 1.24. The van der Waals surface area contributed by atoms with E-state index in [-0.39, 0.29) is 36.2 Å². The fraction of sp³-hybridized carbons (Fsp3) is 0.500. The minimum atomic E-state index is -0.304. The van der Waals surface area contributed by atoms with Gasteiger partial charge in [0.1, 0.15) is 0 Å². The Hall–Kier alpha value is -1.88. The van der Waals surface area contributed by atoms with E-state index in [1.165, 1.54) is 0 Å². The summed E-state index contributed by atoms with van der Waals surface area (Å²) in [6, 6.07) is 9.30. The van der Waals surface area contributed by atoms with Gasteiger partial charge in [-0.2, -0.15) is 0 Å². The molecule has 3 unspecified atom stereocenters. The lowest BCUT2D eigenvalue weighted by atomic mass is 9.85.